The van der Waals surface area contributed by atoms with Crippen LogP contribution in [-0.2, 0) is 13.1 Å². The molecule has 2 aromatic heterocycles. The summed E-state index contributed by atoms with van der Waals surface area (Å²) in [6.45, 7) is 7.61. The van der Waals surface area contributed by atoms with E-state index in [4.69, 9.17) is 4.42 Å². The zero-order chi connectivity index (χ0) is 12.3. The topological polar surface area (TPSA) is 55.9 Å². The van der Waals surface area contributed by atoms with Gasteiger partial charge in [0.15, 0.2) is 5.89 Å². The van der Waals surface area contributed by atoms with Crippen molar-refractivity contribution in [2.45, 2.75) is 39.9 Å². The first kappa shape index (κ1) is 11.9. The second-order valence-electron chi connectivity index (χ2n) is 4.02. The summed E-state index contributed by atoms with van der Waals surface area (Å²) in [4.78, 5) is 4.07. The highest BCUT2D eigenvalue weighted by Gasteiger charge is 2.10. The second-order valence-corrected chi connectivity index (χ2v) is 4.02. The predicted octanol–water partition coefficient (Wildman–Crippen LogP) is 2.05. The standard InChI is InChI=1S/C12H18N4O/c1-4-16-12(5-6-15-16)9(2)13-7-11-8-14-10(3)17-11/h5-6,8-9,13H,4,7H2,1-3H3. The highest BCUT2D eigenvalue weighted by Crippen LogP contribution is 2.12. The number of nitrogens with zero attached hydrogens (tertiary/aromatic N) is 3. The number of rotatable bonds is 5. The van der Waals surface area contributed by atoms with Crippen LogP contribution in [0.5, 0.6) is 0 Å². The Labute approximate surface area is 101 Å². The normalized spacial score (nSPS) is 12.9. The lowest BCUT2D eigenvalue weighted by Crippen LogP contribution is -2.20. The number of hydrogen-bond acceptors (Lipinski definition) is 4. The van der Waals surface area contributed by atoms with E-state index in [0.29, 0.717) is 12.4 Å². The smallest absolute Gasteiger partial charge is 0.191 e. The van der Waals surface area contributed by atoms with Crippen molar-refractivity contribution in [3.8, 4) is 0 Å². The number of aromatic nitrogens is 3. The van der Waals surface area contributed by atoms with Crippen molar-refractivity contribution in [2.24, 2.45) is 0 Å². The molecular weight excluding hydrogens is 216 g/mol. The van der Waals surface area contributed by atoms with Crippen LogP contribution in [0.2, 0.25) is 0 Å². The first-order chi connectivity index (χ1) is 8.20. The van der Waals surface area contributed by atoms with Crippen molar-refractivity contribution < 1.29 is 4.42 Å². The van der Waals surface area contributed by atoms with Crippen LogP contribution in [0.15, 0.2) is 22.9 Å². The van der Waals surface area contributed by atoms with Gasteiger partial charge in [-0.1, -0.05) is 0 Å². The van der Waals surface area contributed by atoms with Crippen LogP contribution in [0.25, 0.3) is 0 Å². The van der Waals surface area contributed by atoms with E-state index < -0.39 is 0 Å². The third-order valence-corrected chi connectivity index (χ3v) is 2.74. The third kappa shape index (κ3) is 2.74. The molecule has 2 aromatic rings. The van der Waals surface area contributed by atoms with Crippen LogP contribution in [0, 0.1) is 6.92 Å². The van der Waals surface area contributed by atoms with Gasteiger partial charge in [0.1, 0.15) is 5.76 Å². The van der Waals surface area contributed by atoms with Gasteiger partial charge in [0.05, 0.1) is 18.4 Å². The Hall–Kier alpha value is -1.62. The molecule has 5 nitrogen and oxygen atoms in total. The number of aryl methyl sites for hydroxylation is 2. The summed E-state index contributed by atoms with van der Waals surface area (Å²) >= 11 is 0. The van der Waals surface area contributed by atoms with E-state index in [9.17, 15) is 0 Å². The van der Waals surface area contributed by atoms with Crippen molar-refractivity contribution >= 4 is 0 Å². The molecule has 0 saturated heterocycles. The van der Waals surface area contributed by atoms with Crippen LogP contribution >= 0.6 is 0 Å². The van der Waals surface area contributed by atoms with E-state index in [1.165, 1.54) is 5.69 Å². The molecule has 0 bridgehead atoms. The highest BCUT2D eigenvalue weighted by molar-refractivity contribution is 5.06. The van der Waals surface area contributed by atoms with Crippen molar-refractivity contribution in [1.82, 2.24) is 20.1 Å². The molecule has 1 atom stereocenters. The molecule has 0 aliphatic carbocycles. The largest absolute Gasteiger partial charge is 0.445 e. The fraction of sp³-hybridized carbons (Fsp3) is 0.500. The third-order valence-electron chi connectivity index (χ3n) is 2.74. The van der Waals surface area contributed by atoms with Gasteiger partial charge in [0.2, 0.25) is 0 Å². The molecule has 0 saturated carbocycles. The minimum absolute atomic E-state index is 0.239. The Morgan fingerprint density at radius 3 is 3.00 bits per heavy atom. The Balaban J connectivity index is 1.95. The summed E-state index contributed by atoms with van der Waals surface area (Å²) in [5, 5.41) is 7.65. The fourth-order valence-corrected chi connectivity index (χ4v) is 1.82. The fourth-order valence-electron chi connectivity index (χ4n) is 1.82. The van der Waals surface area contributed by atoms with Crippen LogP contribution < -0.4 is 5.32 Å². The lowest BCUT2D eigenvalue weighted by atomic mass is 10.2. The first-order valence-corrected chi connectivity index (χ1v) is 5.87. The first-order valence-electron chi connectivity index (χ1n) is 5.87. The predicted molar refractivity (Wildman–Crippen MR) is 64.4 cm³/mol. The van der Waals surface area contributed by atoms with Gasteiger partial charge in [0.25, 0.3) is 0 Å². The van der Waals surface area contributed by atoms with Crippen molar-refractivity contribution in [1.29, 1.82) is 0 Å². The van der Waals surface area contributed by atoms with Gasteiger partial charge in [-0.15, -0.1) is 0 Å². The average Bonchev–Trinajstić information content (AvgIpc) is 2.94. The van der Waals surface area contributed by atoms with Gasteiger partial charge in [-0.05, 0) is 19.9 Å². The molecule has 0 aliphatic heterocycles. The minimum atomic E-state index is 0.239. The van der Waals surface area contributed by atoms with Gasteiger partial charge in [-0.25, -0.2) is 4.98 Å². The molecule has 0 radical (unpaired) electrons. The quantitative estimate of drug-likeness (QED) is 0.860. The molecular formula is C12H18N4O. The van der Waals surface area contributed by atoms with Crippen molar-refractivity contribution in [2.75, 3.05) is 0 Å². The Kier molecular flexibility index (Phi) is 3.58. The van der Waals surface area contributed by atoms with Crippen molar-refractivity contribution in [3.05, 3.63) is 35.8 Å². The summed E-state index contributed by atoms with van der Waals surface area (Å²) in [6, 6.07) is 2.27. The maximum Gasteiger partial charge on any atom is 0.191 e. The summed E-state index contributed by atoms with van der Waals surface area (Å²) in [5.74, 6) is 1.56. The number of oxazole rings is 1. The SMILES string of the molecule is CCn1nccc1C(C)NCc1cnc(C)o1. The zero-order valence-electron chi connectivity index (χ0n) is 10.5. The summed E-state index contributed by atoms with van der Waals surface area (Å²) in [5.41, 5.74) is 1.18. The number of nitrogens with one attached hydrogen (secondary N) is 1. The summed E-state index contributed by atoms with van der Waals surface area (Å²) < 4.78 is 7.40. The van der Waals surface area contributed by atoms with Crippen LogP contribution in [0.4, 0.5) is 0 Å². The lowest BCUT2D eigenvalue weighted by Gasteiger charge is -2.14. The zero-order valence-corrected chi connectivity index (χ0v) is 10.5. The molecule has 92 valence electrons. The number of hydrogen-bond donors (Lipinski definition) is 1. The van der Waals surface area contributed by atoms with Gasteiger partial charge < -0.3 is 9.73 Å². The molecule has 5 heteroatoms. The average molecular weight is 234 g/mol. The molecule has 0 amide bonds. The van der Waals surface area contributed by atoms with E-state index in [-0.39, 0.29) is 6.04 Å². The molecule has 0 spiro atoms. The van der Waals surface area contributed by atoms with Gasteiger partial charge in [-0.3, -0.25) is 4.68 Å². The van der Waals surface area contributed by atoms with E-state index >= 15 is 0 Å². The van der Waals surface area contributed by atoms with Crippen molar-refractivity contribution in [3.63, 3.8) is 0 Å². The summed E-state index contributed by atoms with van der Waals surface area (Å²) in [6.07, 6.45) is 3.59. The Morgan fingerprint density at radius 1 is 1.53 bits per heavy atom. The molecule has 1 N–H and O–H groups in total. The van der Waals surface area contributed by atoms with E-state index in [2.05, 4.69) is 29.2 Å². The van der Waals surface area contributed by atoms with Gasteiger partial charge >= 0.3 is 0 Å². The van der Waals surface area contributed by atoms with E-state index in [0.717, 1.165) is 12.3 Å². The molecule has 0 fully saturated rings. The molecule has 17 heavy (non-hydrogen) atoms. The minimum Gasteiger partial charge on any atom is -0.445 e. The summed E-state index contributed by atoms with van der Waals surface area (Å²) in [7, 11) is 0. The van der Waals surface area contributed by atoms with Crippen LogP contribution in [-0.4, -0.2) is 14.8 Å². The molecule has 1 unspecified atom stereocenters. The highest BCUT2D eigenvalue weighted by atomic mass is 16.4. The molecule has 0 aliphatic rings. The molecule has 0 aromatic carbocycles. The lowest BCUT2D eigenvalue weighted by molar-refractivity contribution is 0.429. The second kappa shape index (κ2) is 5.14. The molecule has 2 heterocycles. The van der Waals surface area contributed by atoms with Gasteiger partial charge in [0, 0.05) is 25.7 Å². The Bertz CT molecular complexity index is 474. The monoisotopic (exact) mass is 234 g/mol. The van der Waals surface area contributed by atoms with Crippen LogP contribution in [0.1, 0.15) is 37.2 Å². The van der Waals surface area contributed by atoms with Gasteiger partial charge in [-0.2, -0.15) is 5.10 Å². The Morgan fingerprint density at radius 2 is 2.35 bits per heavy atom. The maximum absolute atomic E-state index is 5.41. The maximum atomic E-state index is 5.41. The van der Waals surface area contributed by atoms with Crippen LogP contribution in [0.3, 0.4) is 0 Å². The van der Waals surface area contributed by atoms with E-state index in [1.54, 1.807) is 6.20 Å². The molecule has 2 rings (SSSR count). The van der Waals surface area contributed by atoms with E-state index in [1.807, 2.05) is 23.9 Å².